The first kappa shape index (κ1) is 14.8. The maximum Gasteiger partial charge on any atom is 0.350 e. The fraction of sp³-hybridized carbons (Fsp3) is 0.444. The van der Waals surface area contributed by atoms with Gasteiger partial charge in [-0.25, -0.2) is 15.0 Å². The SMILES string of the molecule is CO[C@@H](COCP(=O)(O)O)n1cnc2c(N)ncnc21. The van der Waals surface area contributed by atoms with Gasteiger partial charge in [-0.1, -0.05) is 0 Å². The van der Waals surface area contributed by atoms with Crippen LogP contribution in [0.2, 0.25) is 0 Å². The van der Waals surface area contributed by atoms with Crippen LogP contribution < -0.4 is 5.73 Å². The summed E-state index contributed by atoms with van der Waals surface area (Å²) in [5.74, 6) is 0.236. The third-order valence-electron chi connectivity index (χ3n) is 2.49. The van der Waals surface area contributed by atoms with E-state index in [1.165, 1.54) is 19.8 Å². The van der Waals surface area contributed by atoms with Crippen molar-refractivity contribution in [3.05, 3.63) is 12.7 Å². The van der Waals surface area contributed by atoms with E-state index < -0.39 is 20.2 Å². The summed E-state index contributed by atoms with van der Waals surface area (Å²) in [5, 5.41) is 0. The van der Waals surface area contributed by atoms with Gasteiger partial charge in [-0.15, -0.1) is 0 Å². The predicted octanol–water partition coefficient (Wildman–Crippen LogP) is -0.295. The Bertz CT molecular complexity index is 641. The summed E-state index contributed by atoms with van der Waals surface area (Å²) in [4.78, 5) is 29.4. The average Bonchev–Trinajstić information content (AvgIpc) is 2.79. The van der Waals surface area contributed by atoms with Crippen molar-refractivity contribution in [2.45, 2.75) is 6.23 Å². The Morgan fingerprint density at radius 2 is 2.20 bits per heavy atom. The number of nitrogens with two attached hydrogens (primary N) is 1. The lowest BCUT2D eigenvalue weighted by atomic mass is 10.5. The first-order valence-corrected chi connectivity index (χ1v) is 7.30. The van der Waals surface area contributed by atoms with Crippen molar-refractivity contribution in [1.82, 2.24) is 19.5 Å². The molecule has 110 valence electrons. The largest absolute Gasteiger partial charge is 0.382 e. The molecule has 2 aromatic rings. The second kappa shape index (κ2) is 5.81. The van der Waals surface area contributed by atoms with Gasteiger partial charge in [0.1, 0.15) is 18.2 Å². The van der Waals surface area contributed by atoms with Crippen LogP contribution in [0.4, 0.5) is 5.82 Å². The molecule has 0 aromatic carbocycles. The molecule has 0 aliphatic carbocycles. The Morgan fingerprint density at radius 3 is 2.85 bits per heavy atom. The van der Waals surface area contributed by atoms with Crippen molar-refractivity contribution >= 4 is 24.6 Å². The number of hydrogen-bond donors (Lipinski definition) is 3. The highest BCUT2D eigenvalue weighted by Crippen LogP contribution is 2.34. The molecule has 4 N–H and O–H groups in total. The third-order valence-corrected chi connectivity index (χ3v) is 3.01. The van der Waals surface area contributed by atoms with Crippen LogP contribution in [-0.2, 0) is 14.0 Å². The number of hydrogen-bond acceptors (Lipinski definition) is 7. The van der Waals surface area contributed by atoms with Gasteiger partial charge in [0, 0.05) is 7.11 Å². The number of nitrogen functional groups attached to an aromatic ring is 1. The van der Waals surface area contributed by atoms with E-state index in [-0.39, 0.29) is 12.4 Å². The number of ether oxygens (including phenoxy) is 2. The fourth-order valence-corrected chi connectivity index (χ4v) is 1.96. The van der Waals surface area contributed by atoms with E-state index in [2.05, 4.69) is 15.0 Å². The van der Waals surface area contributed by atoms with Crippen LogP contribution >= 0.6 is 7.60 Å². The van der Waals surface area contributed by atoms with E-state index in [0.29, 0.717) is 11.2 Å². The number of aromatic nitrogens is 4. The van der Waals surface area contributed by atoms with Crippen LogP contribution in [0.3, 0.4) is 0 Å². The number of nitrogens with zero attached hydrogens (tertiary/aromatic N) is 4. The molecule has 0 saturated heterocycles. The molecule has 0 spiro atoms. The summed E-state index contributed by atoms with van der Waals surface area (Å²) in [6, 6.07) is 0. The molecule has 0 radical (unpaired) electrons. The summed E-state index contributed by atoms with van der Waals surface area (Å²) >= 11 is 0. The Hall–Kier alpha value is -1.58. The molecule has 0 unspecified atom stereocenters. The number of imidazole rings is 1. The highest BCUT2D eigenvalue weighted by atomic mass is 31.2. The second-order valence-electron chi connectivity index (χ2n) is 3.94. The van der Waals surface area contributed by atoms with Gasteiger partial charge in [-0.05, 0) is 0 Å². The van der Waals surface area contributed by atoms with E-state index in [9.17, 15) is 4.57 Å². The quantitative estimate of drug-likeness (QED) is 0.612. The maximum atomic E-state index is 10.7. The topological polar surface area (TPSA) is 146 Å². The van der Waals surface area contributed by atoms with Crippen molar-refractivity contribution in [2.24, 2.45) is 0 Å². The van der Waals surface area contributed by atoms with E-state index in [1.807, 2.05) is 0 Å². The van der Waals surface area contributed by atoms with Gasteiger partial charge >= 0.3 is 7.60 Å². The normalized spacial score (nSPS) is 13.8. The lowest BCUT2D eigenvalue weighted by Gasteiger charge is -2.17. The summed E-state index contributed by atoms with van der Waals surface area (Å²) < 4.78 is 22.4. The number of methoxy groups -OCH3 is 1. The van der Waals surface area contributed by atoms with Crippen LogP contribution in [0.5, 0.6) is 0 Å². The van der Waals surface area contributed by atoms with Crippen molar-refractivity contribution in [1.29, 1.82) is 0 Å². The molecule has 0 saturated carbocycles. The first-order valence-electron chi connectivity index (χ1n) is 5.50. The number of rotatable bonds is 6. The molecule has 0 aliphatic rings. The lowest BCUT2D eigenvalue weighted by molar-refractivity contribution is -0.0233. The smallest absolute Gasteiger partial charge is 0.350 e. The minimum Gasteiger partial charge on any atom is -0.382 e. The molecular formula is C9H14N5O5P. The van der Waals surface area contributed by atoms with Crippen LogP contribution in [0.25, 0.3) is 11.2 Å². The summed E-state index contributed by atoms with van der Waals surface area (Å²) in [5.41, 5.74) is 6.54. The Labute approximate surface area is 113 Å². The maximum absolute atomic E-state index is 10.7. The third kappa shape index (κ3) is 3.30. The van der Waals surface area contributed by atoms with Gasteiger partial charge in [0.2, 0.25) is 0 Å². The summed E-state index contributed by atoms with van der Waals surface area (Å²) in [6.45, 7) is -0.0724. The monoisotopic (exact) mass is 303 g/mol. The zero-order valence-electron chi connectivity index (χ0n) is 10.6. The van der Waals surface area contributed by atoms with Crippen molar-refractivity contribution in [2.75, 3.05) is 25.8 Å². The molecule has 1 atom stereocenters. The highest BCUT2D eigenvalue weighted by molar-refractivity contribution is 7.51. The van der Waals surface area contributed by atoms with E-state index >= 15 is 0 Å². The molecule has 0 fully saturated rings. The highest BCUT2D eigenvalue weighted by Gasteiger charge is 2.19. The fourth-order valence-electron chi connectivity index (χ4n) is 1.62. The molecule has 2 aromatic heterocycles. The minimum absolute atomic E-state index is 0.0724. The molecule has 0 bridgehead atoms. The number of fused-ring (bicyclic) bond motifs is 1. The van der Waals surface area contributed by atoms with Gasteiger partial charge in [-0.3, -0.25) is 9.13 Å². The predicted molar refractivity (Wildman–Crippen MR) is 68.6 cm³/mol. The van der Waals surface area contributed by atoms with E-state index in [4.69, 9.17) is 25.0 Å². The van der Waals surface area contributed by atoms with E-state index in [1.54, 1.807) is 4.57 Å². The lowest BCUT2D eigenvalue weighted by Crippen LogP contribution is -2.17. The zero-order valence-corrected chi connectivity index (χ0v) is 11.5. The zero-order chi connectivity index (χ0) is 14.8. The average molecular weight is 303 g/mol. The van der Waals surface area contributed by atoms with Crippen LogP contribution in [0.15, 0.2) is 12.7 Å². The second-order valence-corrected chi connectivity index (χ2v) is 5.53. The van der Waals surface area contributed by atoms with Crippen molar-refractivity contribution in [3.63, 3.8) is 0 Å². The Balaban J connectivity index is 2.18. The molecule has 0 aliphatic heterocycles. The minimum atomic E-state index is -4.21. The molecular weight excluding hydrogens is 289 g/mol. The Morgan fingerprint density at radius 1 is 1.45 bits per heavy atom. The van der Waals surface area contributed by atoms with Gasteiger partial charge in [-0.2, -0.15) is 0 Å². The van der Waals surface area contributed by atoms with E-state index in [0.717, 1.165) is 0 Å². The molecule has 20 heavy (non-hydrogen) atoms. The van der Waals surface area contributed by atoms with Crippen LogP contribution in [-0.4, -0.2) is 49.4 Å². The Kier molecular flexibility index (Phi) is 4.31. The molecule has 2 heterocycles. The first-order chi connectivity index (χ1) is 9.42. The molecule has 10 nitrogen and oxygen atoms in total. The van der Waals surface area contributed by atoms with Crippen molar-refractivity contribution < 1.29 is 23.8 Å². The van der Waals surface area contributed by atoms with Gasteiger partial charge < -0.3 is 25.0 Å². The standard InChI is InChI=1S/C9H14N5O5P/c1-18-6(2-19-5-20(15,16)17)14-4-13-7-8(10)11-3-12-9(7)14/h3-4,6H,2,5H2,1H3,(H2,10,11,12)(H2,15,16,17)/t6-/m0/s1. The van der Waals surface area contributed by atoms with Crippen LogP contribution in [0.1, 0.15) is 6.23 Å². The molecule has 2 rings (SSSR count). The number of anilines is 1. The summed E-state index contributed by atoms with van der Waals surface area (Å²) in [7, 11) is -2.78. The van der Waals surface area contributed by atoms with Gasteiger partial charge in [0.15, 0.2) is 17.7 Å². The van der Waals surface area contributed by atoms with Gasteiger partial charge in [0.05, 0.1) is 12.9 Å². The van der Waals surface area contributed by atoms with Crippen LogP contribution in [0, 0.1) is 0 Å². The molecule has 0 amide bonds. The van der Waals surface area contributed by atoms with Crippen molar-refractivity contribution in [3.8, 4) is 0 Å². The summed E-state index contributed by atoms with van der Waals surface area (Å²) in [6.07, 6.45) is 1.42. The van der Waals surface area contributed by atoms with Gasteiger partial charge in [0.25, 0.3) is 0 Å². The molecule has 11 heteroatoms.